The van der Waals surface area contributed by atoms with Gasteiger partial charge < -0.3 is 25.0 Å². The van der Waals surface area contributed by atoms with Crippen LogP contribution in [0.3, 0.4) is 0 Å². The zero-order valence-corrected chi connectivity index (χ0v) is 19.6. The Balaban J connectivity index is 1.57. The van der Waals surface area contributed by atoms with E-state index in [0.29, 0.717) is 23.6 Å². The molecule has 0 aromatic heterocycles. The van der Waals surface area contributed by atoms with Gasteiger partial charge in [-0.2, -0.15) is 0 Å². The first-order valence-electron chi connectivity index (χ1n) is 11.1. The molecule has 2 amide bonds. The van der Waals surface area contributed by atoms with E-state index in [1.165, 1.54) is 26.4 Å². The SMILES string of the molecule is COc1cc(OC)cc(C(=O)NC(C(=O)NCC2CCN(c3ccc(F)cc3)C2)C(C)C)c1. The van der Waals surface area contributed by atoms with Crippen molar-refractivity contribution in [2.75, 3.05) is 38.8 Å². The van der Waals surface area contributed by atoms with E-state index in [0.717, 1.165) is 25.2 Å². The molecule has 2 N–H and O–H groups in total. The third-order valence-electron chi connectivity index (χ3n) is 5.89. The number of methoxy groups -OCH3 is 2. The molecule has 7 nitrogen and oxygen atoms in total. The minimum atomic E-state index is -0.677. The summed E-state index contributed by atoms with van der Waals surface area (Å²) in [5.74, 6) is 0.341. The Kier molecular flexibility index (Phi) is 8.14. The largest absolute Gasteiger partial charge is 0.497 e. The van der Waals surface area contributed by atoms with Crippen LogP contribution in [-0.2, 0) is 4.79 Å². The van der Waals surface area contributed by atoms with Crippen molar-refractivity contribution in [1.29, 1.82) is 0 Å². The quantitative estimate of drug-likeness (QED) is 0.604. The molecule has 3 rings (SSSR count). The molecule has 1 heterocycles. The number of rotatable bonds is 9. The van der Waals surface area contributed by atoms with Crippen LogP contribution in [0.1, 0.15) is 30.6 Å². The maximum Gasteiger partial charge on any atom is 0.252 e. The molecule has 33 heavy (non-hydrogen) atoms. The molecule has 2 atom stereocenters. The number of nitrogens with one attached hydrogen (secondary N) is 2. The van der Waals surface area contributed by atoms with Crippen molar-refractivity contribution in [3.05, 3.63) is 53.8 Å². The molecular weight excluding hydrogens is 425 g/mol. The summed E-state index contributed by atoms with van der Waals surface area (Å²) >= 11 is 0. The molecule has 1 saturated heterocycles. The lowest BCUT2D eigenvalue weighted by molar-refractivity contribution is -0.124. The number of benzene rings is 2. The molecule has 2 aromatic rings. The molecule has 1 aliphatic rings. The molecule has 8 heteroatoms. The summed E-state index contributed by atoms with van der Waals surface area (Å²) in [4.78, 5) is 28.0. The van der Waals surface area contributed by atoms with Gasteiger partial charge in [0.15, 0.2) is 0 Å². The minimum absolute atomic E-state index is 0.0965. The minimum Gasteiger partial charge on any atom is -0.497 e. The number of hydrogen-bond donors (Lipinski definition) is 2. The number of halogens is 1. The lowest BCUT2D eigenvalue weighted by Gasteiger charge is -2.23. The molecule has 0 spiro atoms. The fraction of sp³-hybridized carbons (Fsp3) is 0.440. The number of carbonyl (C=O) groups excluding carboxylic acids is 2. The van der Waals surface area contributed by atoms with Crippen LogP contribution in [0.15, 0.2) is 42.5 Å². The van der Waals surface area contributed by atoms with Gasteiger partial charge in [0.05, 0.1) is 14.2 Å². The summed E-state index contributed by atoms with van der Waals surface area (Å²) in [5, 5.41) is 5.84. The van der Waals surface area contributed by atoms with Gasteiger partial charge in [0, 0.05) is 37.0 Å². The highest BCUT2D eigenvalue weighted by Gasteiger charge is 2.28. The highest BCUT2D eigenvalue weighted by Crippen LogP contribution is 2.24. The van der Waals surface area contributed by atoms with Crippen LogP contribution in [0.2, 0.25) is 0 Å². The van der Waals surface area contributed by atoms with E-state index >= 15 is 0 Å². The molecule has 178 valence electrons. The van der Waals surface area contributed by atoms with Crippen molar-refractivity contribution in [2.24, 2.45) is 11.8 Å². The number of ether oxygens (including phenoxy) is 2. The molecule has 1 aliphatic heterocycles. The van der Waals surface area contributed by atoms with E-state index in [1.54, 1.807) is 30.3 Å². The van der Waals surface area contributed by atoms with Crippen LogP contribution < -0.4 is 25.0 Å². The highest BCUT2D eigenvalue weighted by atomic mass is 19.1. The molecule has 0 radical (unpaired) electrons. The topological polar surface area (TPSA) is 79.9 Å². The van der Waals surface area contributed by atoms with Crippen LogP contribution in [0.25, 0.3) is 0 Å². The summed E-state index contributed by atoms with van der Waals surface area (Å²) in [6.45, 7) is 5.94. The summed E-state index contributed by atoms with van der Waals surface area (Å²) in [7, 11) is 3.03. The maximum absolute atomic E-state index is 13.2. The lowest BCUT2D eigenvalue weighted by Crippen LogP contribution is -2.50. The summed E-state index contributed by atoms with van der Waals surface area (Å²) in [6.07, 6.45) is 0.931. The Labute approximate surface area is 194 Å². The second kappa shape index (κ2) is 11.0. The van der Waals surface area contributed by atoms with Gasteiger partial charge in [-0.15, -0.1) is 0 Å². The average Bonchev–Trinajstić information content (AvgIpc) is 3.29. The van der Waals surface area contributed by atoms with Crippen molar-refractivity contribution in [3.63, 3.8) is 0 Å². The number of amides is 2. The van der Waals surface area contributed by atoms with Crippen LogP contribution in [0.5, 0.6) is 11.5 Å². The number of nitrogens with zero attached hydrogens (tertiary/aromatic N) is 1. The van der Waals surface area contributed by atoms with E-state index in [4.69, 9.17) is 9.47 Å². The Hall–Kier alpha value is -3.29. The number of hydrogen-bond acceptors (Lipinski definition) is 5. The van der Waals surface area contributed by atoms with Gasteiger partial charge in [0.25, 0.3) is 5.91 Å². The second-order valence-corrected chi connectivity index (χ2v) is 8.62. The zero-order valence-electron chi connectivity index (χ0n) is 19.6. The van der Waals surface area contributed by atoms with Crippen LogP contribution >= 0.6 is 0 Å². The van der Waals surface area contributed by atoms with Gasteiger partial charge in [-0.3, -0.25) is 9.59 Å². The summed E-state index contributed by atoms with van der Waals surface area (Å²) < 4.78 is 23.6. The van der Waals surface area contributed by atoms with Gasteiger partial charge in [-0.05, 0) is 54.7 Å². The monoisotopic (exact) mass is 457 g/mol. The van der Waals surface area contributed by atoms with Crippen molar-refractivity contribution in [2.45, 2.75) is 26.3 Å². The predicted molar refractivity (Wildman–Crippen MR) is 125 cm³/mol. The normalized spacial score (nSPS) is 16.4. The number of carbonyl (C=O) groups is 2. The molecular formula is C25H32FN3O4. The second-order valence-electron chi connectivity index (χ2n) is 8.62. The molecule has 2 aromatic carbocycles. The first-order valence-corrected chi connectivity index (χ1v) is 11.1. The predicted octanol–water partition coefficient (Wildman–Crippen LogP) is 3.24. The van der Waals surface area contributed by atoms with E-state index in [-0.39, 0.29) is 29.5 Å². The van der Waals surface area contributed by atoms with Gasteiger partial charge in [-0.1, -0.05) is 13.8 Å². The van der Waals surface area contributed by atoms with Gasteiger partial charge in [0.2, 0.25) is 5.91 Å². The standard InChI is InChI=1S/C25H32FN3O4/c1-16(2)23(28-24(30)18-11-21(32-3)13-22(12-18)33-4)25(31)27-14-17-9-10-29(15-17)20-7-5-19(26)6-8-20/h5-8,11-13,16-17,23H,9-10,14-15H2,1-4H3,(H,27,31)(H,28,30). The molecule has 1 fully saturated rings. The molecule has 2 unspecified atom stereocenters. The third-order valence-corrected chi connectivity index (χ3v) is 5.89. The Bertz CT molecular complexity index is 942. The average molecular weight is 458 g/mol. The van der Waals surface area contributed by atoms with E-state index in [9.17, 15) is 14.0 Å². The fourth-order valence-corrected chi connectivity index (χ4v) is 3.94. The number of anilines is 1. The molecule has 0 bridgehead atoms. The Morgan fingerprint density at radius 3 is 2.30 bits per heavy atom. The Morgan fingerprint density at radius 2 is 1.73 bits per heavy atom. The fourth-order valence-electron chi connectivity index (χ4n) is 3.94. The first-order chi connectivity index (χ1) is 15.8. The van der Waals surface area contributed by atoms with Gasteiger partial charge >= 0.3 is 0 Å². The maximum atomic E-state index is 13.2. The van der Waals surface area contributed by atoms with Crippen molar-refractivity contribution in [3.8, 4) is 11.5 Å². The smallest absolute Gasteiger partial charge is 0.252 e. The van der Waals surface area contributed by atoms with Crippen molar-refractivity contribution >= 4 is 17.5 Å². The van der Waals surface area contributed by atoms with Gasteiger partial charge in [0.1, 0.15) is 23.4 Å². The Morgan fingerprint density at radius 1 is 1.09 bits per heavy atom. The van der Waals surface area contributed by atoms with Gasteiger partial charge in [-0.25, -0.2) is 4.39 Å². The van der Waals surface area contributed by atoms with E-state index in [2.05, 4.69) is 15.5 Å². The zero-order chi connectivity index (χ0) is 24.0. The van der Waals surface area contributed by atoms with Crippen molar-refractivity contribution in [1.82, 2.24) is 10.6 Å². The molecule has 0 aliphatic carbocycles. The van der Waals surface area contributed by atoms with E-state index in [1.807, 2.05) is 13.8 Å². The van der Waals surface area contributed by atoms with E-state index < -0.39 is 6.04 Å². The molecule has 0 saturated carbocycles. The van der Waals surface area contributed by atoms with Crippen LogP contribution in [-0.4, -0.2) is 51.7 Å². The van der Waals surface area contributed by atoms with Crippen molar-refractivity contribution < 1.29 is 23.5 Å². The third kappa shape index (κ3) is 6.37. The van der Waals surface area contributed by atoms with Crippen LogP contribution in [0, 0.1) is 17.7 Å². The summed E-state index contributed by atoms with van der Waals surface area (Å²) in [5.41, 5.74) is 1.33. The summed E-state index contributed by atoms with van der Waals surface area (Å²) in [6, 6.07) is 10.7. The van der Waals surface area contributed by atoms with Crippen LogP contribution in [0.4, 0.5) is 10.1 Å². The lowest BCUT2D eigenvalue weighted by atomic mass is 10.0. The highest BCUT2D eigenvalue weighted by molar-refractivity contribution is 5.98. The first kappa shape index (κ1) is 24.4.